The third kappa shape index (κ3) is 2.87. The monoisotopic (exact) mass is 295 g/mol. The minimum Gasteiger partial charge on any atom is -0.444 e. The van der Waals surface area contributed by atoms with Gasteiger partial charge in [0.1, 0.15) is 6.61 Å². The third-order valence-electron chi connectivity index (χ3n) is 3.53. The largest absolute Gasteiger partial charge is 0.444 e. The number of rotatable bonds is 3. The maximum absolute atomic E-state index is 12.5. The van der Waals surface area contributed by atoms with E-state index in [1.807, 2.05) is 66.7 Å². The fraction of sp³-hybridized carbons (Fsp3) is 0.167. The Morgan fingerprint density at radius 1 is 1.09 bits per heavy atom. The summed E-state index contributed by atoms with van der Waals surface area (Å²) in [6.07, 6.45) is 2.90. The molecule has 0 bridgehead atoms. The van der Waals surface area contributed by atoms with Crippen molar-refractivity contribution in [3.05, 3.63) is 71.8 Å². The zero-order valence-corrected chi connectivity index (χ0v) is 12.3. The van der Waals surface area contributed by atoms with Crippen LogP contribution in [-0.2, 0) is 16.1 Å². The maximum Gasteiger partial charge on any atom is 0.417 e. The lowest BCUT2D eigenvalue weighted by atomic mass is 10.1. The van der Waals surface area contributed by atoms with Crippen LogP contribution < -0.4 is 4.90 Å². The molecule has 2 aromatic rings. The van der Waals surface area contributed by atoms with Crippen molar-refractivity contribution in [2.75, 3.05) is 12.0 Å². The van der Waals surface area contributed by atoms with Gasteiger partial charge < -0.3 is 9.47 Å². The van der Waals surface area contributed by atoms with Crippen LogP contribution in [0.1, 0.15) is 11.1 Å². The second kappa shape index (κ2) is 6.45. The molecule has 2 aromatic carbocycles. The molecule has 1 aliphatic heterocycles. The average molecular weight is 295 g/mol. The number of nitrogens with zero attached hydrogens (tertiary/aromatic N) is 1. The van der Waals surface area contributed by atoms with E-state index in [-0.39, 0.29) is 6.61 Å². The van der Waals surface area contributed by atoms with Crippen molar-refractivity contribution in [2.24, 2.45) is 0 Å². The normalized spacial score (nSPS) is 16.2. The molecule has 22 heavy (non-hydrogen) atoms. The molecule has 0 N–H and O–H groups in total. The molecule has 0 spiro atoms. The van der Waals surface area contributed by atoms with Crippen LogP contribution in [0.25, 0.3) is 6.08 Å². The lowest BCUT2D eigenvalue weighted by molar-refractivity contribution is 0.106. The fourth-order valence-corrected chi connectivity index (χ4v) is 2.43. The molecule has 1 atom stereocenters. The number of para-hydroxylation sites is 1. The summed E-state index contributed by atoms with van der Waals surface area (Å²) < 4.78 is 10.8. The minimum atomic E-state index is -0.460. The summed E-state index contributed by atoms with van der Waals surface area (Å²) in [5.74, 6) is 0. The van der Waals surface area contributed by atoms with E-state index in [0.717, 1.165) is 16.8 Å². The van der Waals surface area contributed by atoms with Crippen molar-refractivity contribution in [1.29, 1.82) is 0 Å². The smallest absolute Gasteiger partial charge is 0.417 e. The van der Waals surface area contributed by atoms with Crippen LogP contribution >= 0.6 is 0 Å². The van der Waals surface area contributed by atoms with Gasteiger partial charge in [0.05, 0.1) is 5.69 Å². The van der Waals surface area contributed by atoms with Gasteiger partial charge in [-0.2, -0.15) is 0 Å². The van der Waals surface area contributed by atoms with Crippen LogP contribution in [0.4, 0.5) is 10.5 Å². The van der Waals surface area contributed by atoms with E-state index < -0.39 is 12.3 Å². The predicted molar refractivity (Wildman–Crippen MR) is 85.4 cm³/mol. The average Bonchev–Trinajstić information content (AvgIpc) is 2.59. The van der Waals surface area contributed by atoms with E-state index >= 15 is 0 Å². The zero-order chi connectivity index (χ0) is 15.4. The second-order valence-corrected chi connectivity index (χ2v) is 4.95. The summed E-state index contributed by atoms with van der Waals surface area (Å²) in [6.45, 7) is 0.235. The van der Waals surface area contributed by atoms with E-state index in [1.165, 1.54) is 4.90 Å². The van der Waals surface area contributed by atoms with E-state index in [4.69, 9.17) is 9.47 Å². The summed E-state index contributed by atoms with van der Waals surface area (Å²) in [6, 6.07) is 17.3. The Bertz CT molecular complexity index is 682. The highest BCUT2D eigenvalue weighted by molar-refractivity contribution is 5.93. The van der Waals surface area contributed by atoms with Crippen LogP contribution in [-0.4, -0.2) is 19.4 Å². The van der Waals surface area contributed by atoms with Crippen molar-refractivity contribution in [3.63, 3.8) is 0 Å². The number of carbonyl (C=O) groups is 1. The van der Waals surface area contributed by atoms with Crippen LogP contribution in [0, 0.1) is 0 Å². The van der Waals surface area contributed by atoms with Crippen LogP contribution in [0.2, 0.25) is 0 Å². The van der Waals surface area contributed by atoms with Gasteiger partial charge in [-0.05, 0) is 23.3 Å². The first-order chi connectivity index (χ1) is 10.8. The lowest BCUT2D eigenvalue weighted by Crippen LogP contribution is -2.42. The molecular weight excluding hydrogens is 278 g/mol. The van der Waals surface area contributed by atoms with Gasteiger partial charge in [-0.25, -0.2) is 9.69 Å². The Balaban J connectivity index is 1.79. The van der Waals surface area contributed by atoms with Gasteiger partial charge in [0.2, 0.25) is 0 Å². The van der Waals surface area contributed by atoms with Crippen molar-refractivity contribution < 1.29 is 14.3 Å². The van der Waals surface area contributed by atoms with Gasteiger partial charge in [-0.15, -0.1) is 0 Å². The Morgan fingerprint density at radius 2 is 1.82 bits per heavy atom. The van der Waals surface area contributed by atoms with E-state index in [2.05, 4.69) is 0 Å². The SMILES string of the molecule is CO[C@H]1C=Cc2ccccc2N1C(=O)OCc1ccccc1. The van der Waals surface area contributed by atoms with Gasteiger partial charge in [0.15, 0.2) is 6.23 Å². The molecule has 1 heterocycles. The van der Waals surface area contributed by atoms with Crippen LogP contribution in [0.5, 0.6) is 0 Å². The molecule has 0 aromatic heterocycles. The van der Waals surface area contributed by atoms with Gasteiger partial charge in [0.25, 0.3) is 0 Å². The van der Waals surface area contributed by atoms with Gasteiger partial charge in [-0.1, -0.05) is 54.6 Å². The number of fused-ring (bicyclic) bond motifs is 1. The summed E-state index contributed by atoms with van der Waals surface area (Å²) >= 11 is 0. The molecule has 1 aliphatic rings. The Kier molecular flexibility index (Phi) is 4.21. The van der Waals surface area contributed by atoms with Gasteiger partial charge >= 0.3 is 6.09 Å². The first-order valence-corrected chi connectivity index (χ1v) is 7.09. The molecule has 1 amide bonds. The second-order valence-electron chi connectivity index (χ2n) is 4.95. The number of ether oxygens (including phenoxy) is 2. The standard InChI is InChI=1S/C18H17NO3/c1-21-17-12-11-15-9-5-6-10-16(15)19(17)18(20)22-13-14-7-3-2-4-8-14/h2-12,17H,13H2,1H3/t17-/m0/s1. The number of anilines is 1. The molecule has 4 heteroatoms. The fourth-order valence-electron chi connectivity index (χ4n) is 2.43. The van der Waals surface area contributed by atoms with Crippen LogP contribution in [0.3, 0.4) is 0 Å². The van der Waals surface area contributed by atoms with E-state index in [0.29, 0.717) is 0 Å². The highest BCUT2D eigenvalue weighted by Crippen LogP contribution is 2.29. The first kappa shape index (κ1) is 14.4. The summed E-state index contributed by atoms with van der Waals surface area (Å²) in [4.78, 5) is 14.0. The number of amides is 1. The van der Waals surface area contributed by atoms with E-state index in [1.54, 1.807) is 7.11 Å². The molecule has 0 fully saturated rings. The third-order valence-corrected chi connectivity index (χ3v) is 3.53. The molecule has 3 rings (SSSR count). The molecule has 0 unspecified atom stereocenters. The van der Waals surface area contributed by atoms with Crippen LogP contribution in [0.15, 0.2) is 60.7 Å². The van der Waals surface area contributed by atoms with E-state index in [9.17, 15) is 4.79 Å². The highest BCUT2D eigenvalue weighted by atomic mass is 16.6. The predicted octanol–water partition coefficient (Wildman–Crippen LogP) is 3.83. The number of carbonyl (C=O) groups excluding carboxylic acids is 1. The molecule has 112 valence electrons. The molecule has 0 aliphatic carbocycles. The summed E-state index contributed by atoms with van der Waals surface area (Å²) in [5.41, 5.74) is 2.70. The quantitative estimate of drug-likeness (QED) is 0.864. The zero-order valence-electron chi connectivity index (χ0n) is 12.3. The lowest BCUT2D eigenvalue weighted by Gasteiger charge is -2.31. The van der Waals surface area contributed by atoms with Crippen molar-refractivity contribution in [1.82, 2.24) is 0 Å². The summed E-state index contributed by atoms with van der Waals surface area (Å²) in [7, 11) is 1.57. The molecule has 0 saturated heterocycles. The number of hydrogen-bond acceptors (Lipinski definition) is 3. The minimum absolute atomic E-state index is 0.235. The first-order valence-electron chi connectivity index (χ1n) is 7.09. The Labute approximate surface area is 129 Å². The Morgan fingerprint density at radius 3 is 2.59 bits per heavy atom. The molecule has 4 nitrogen and oxygen atoms in total. The van der Waals surface area contributed by atoms with Crippen molar-refractivity contribution in [3.8, 4) is 0 Å². The molecular formula is C18H17NO3. The number of benzene rings is 2. The van der Waals surface area contributed by atoms with Crippen molar-refractivity contribution >= 4 is 17.9 Å². The molecule has 0 saturated carbocycles. The van der Waals surface area contributed by atoms with Gasteiger partial charge in [0, 0.05) is 7.11 Å². The number of hydrogen-bond donors (Lipinski definition) is 0. The van der Waals surface area contributed by atoms with Crippen molar-refractivity contribution in [2.45, 2.75) is 12.8 Å². The van der Waals surface area contributed by atoms with Gasteiger partial charge in [-0.3, -0.25) is 0 Å². The molecule has 0 radical (unpaired) electrons. The Hall–Kier alpha value is -2.59. The maximum atomic E-state index is 12.5. The topological polar surface area (TPSA) is 38.8 Å². The number of methoxy groups -OCH3 is 1. The summed E-state index contributed by atoms with van der Waals surface area (Å²) in [5, 5.41) is 0. The highest BCUT2D eigenvalue weighted by Gasteiger charge is 2.29.